The van der Waals surface area contributed by atoms with Crippen LogP contribution in [0.2, 0.25) is 0 Å². The summed E-state index contributed by atoms with van der Waals surface area (Å²) in [6, 6.07) is 0.324. The summed E-state index contributed by atoms with van der Waals surface area (Å²) in [4.78, 5) is 11.9. The van der Waals surface area contributed by atoms with Crippen LogP contribution in [0.15, 0.2) is 4.52 Å². The van der Waals surface area contributed by atoms with Gasteiger partial charge < -0.3 is 14.6 Å². The van der Waals surface area contributed by atoms with Crippen LogP contribution in [0.5, 0.6) is 0 Å². The molecule has 0 aromatic carbocycles. The number of amides is 1. The molecule has 2 aliphatic rings. The van der Waals surface area contributed by atoms with Crippen LogP contribution in [0.1, 0.15) is 36.3 Å². The van der Waals surface area contributed by atoms with Crippen molar-refractivity contribution in [3.63, 3.8) is 0 Å². The summed E-state index contributed by atoms with van der Waals surface area (Å²) < 4.78 is 10.6. The van der Waals surface area contributed by atoms with Gasteiger partial charge in [-0.3, -0.25) is 4.79 Å². The maximum atomic E-state index is 11.9. The molecule has 104 valence electrons. The smallest absolute Gasteiger partial charge is 0.220 e. The van der Waals surface area contributed by atoms with Crippen molar-refractivity contribution in [2.45, 2.75) is 51.7 Å². The Hall–Kier alpha value is -1.36. The number of aryl methyl sites for hydroxylation is 2. The van der Waals surface area contributed by atoms with E-state index < -0.39 is 0 Å². The summed E-state index contributed by atoms with van der Waals surface area (Å²) in [5.74, 6) is 1.48. The average Bonchev–Trinajstić information content (AvgIpc) is 2.88. The molecule has 2 fully saturated rings. The Morgan fingerprint density at radius 1 is 1.47 bits per heavy atom. The highest BCUT2D eigenvalue weighted by Gasteiger charge is 2.45. The molecule has 1 aliphatic carbocycles. The van der Waals surface area contributed by atoms with Crippen molar-refractivity contribution >= 4 is 5.91 Å². The number of nitrogens with one attached hydrogen (secondary N) is 1. The number of rotatable bonds is 4. The van der Waals surface area contributed by atoms with E-state index in [-0.39, 0.29) is 5.91 Å². The van der Waals surface area contributed by atoms with Gasteiger partial charge in [0.15, 0.2) is 0 Å². The quantitative estimate of drug-likeness (QED) is 0.895. The van der Waals surface area contributed by atoms with Crippen LogP contribution in [-0.2, 0) is 16.0 Å². The summed E-state index contributed by atoms with van der Waals surface area (Å²) in [6.45, 7) is 4.65. The molecule has 1 saturated carbocycles. The van der Waals surface area contributed by atoms with E-state index in [9.17, 15) is 4.79 Å². The van der Waals surface area contributed by atoms with E-state index >= 15 is 0 Å². The Morgan fingerprint density at radius 3 is 3.00 bits per heavy atom. The van der Waals surface area contributed by atoms with Crippen LogP contribution >= 0.6 is 0 Å². The molecule has 5 nitrogen and oxygen atoms in total. The van der Waals surface area contributed by atoms with E-state index in [0.29, 0.717) is 30.9 Å². The number of carbonyl (C=O) groups is 1. The zero-order valence-electron chi connectivity index (χ0n) is 11.4. The van der Waals surface area contributed by atoms with Gasteiger partial charge in [-0.2, -0.15) is 0 Å². The van der Waals surface area contributed by atoms with E-state index in [1.807, 2.05) is 13.8 Å². The van der Waals surface area contributed by atoms with Gasteiger partial charge in [-0.15, -0.1) is 0 Å². The Morgan fingerprint density at radius 2 is 2.32 bits per heavy atom. The number of carbonyl (C=O) groups excluding carboxylic acids is 1. The first-order chi connectivity index (χ1) is 9.15. The molecule has 5 heteroatoms. The van der Waals surface area contributed by atoms with Crippen LogP contribution in [0.4, 0.5) is 0 Å². The molecule has 3 atom stereocenters. The average molecular weight is 264 g/mol. The molecule has 1 N–H and O–H groups in total. The van der Waals surface area contributed by atoms with E-state index in [1.54, 1.807) is 0 Å². The van der Waals surface area contributed by atoms with Gasteiger partial charge in [0, 0.05) is 30.6 Å². The molecule has 0 bridgehead atoms. The van der Waals surface area contributed by atoms with E-state index in [1.165, 1.54) is 0 Å². The van der Waals surface area contributed by atoms with Crippen LogP contribution < -0.4 is 5.32 Å². The number of hydrogen-bond donors (Lipinski definition) is 1. The van der Waals surface area contributed by atoms with Crippen molar-refractivity contribution in [2.24, 2.45) is 5.92 Å². The summed E-state index contributed by atoms with van der Waals surface area (Å²) in [6.07, 6.45) is 3.65. The van der Waals surface area contributed by atoms with Crippen molar-refractivity contribution in [3.05, 3.63) is 17.0 Å². The van der Waals surface area contributed by atoms with E-state index in [0.717, 1.165) is 36.5 Å². The minimum Gasteiger partial charge on any atom is -0.378 e. The standard InChI is InChI=1S/C14H20N2O3/c1-8-10(9(2)19-16-8)3-4-14(17)15-12-7-13-11(12)5-6-18-13/h11-13H,3-7H2,1-2H3,(H,15,17)/t11-,12-,13+/m1/s1. The number of hydrogen-bond acceptors (Lipinski definition) is 4. The fourth-order valence-corrected chi connectivity index (χ4v) is 3.14. The maximum absolute atomic E-state index is 11.9. The minimum atomic E-state index is 0.121. The van der Waals surface area contributed by atoms with Gasteiger partial charge in [0.2, 0.25) is 5.91 Å². The number of ether oxygens (including phenoxy) is 1. The highest BCUT2D eigenvalue weighted by atomic mass is 16.5. The third-order valence-corrected chi connectivity index (χ3v) is 4.39. The first kappa shape index (κ1) is 12.7. The molecular weight excluding hydrogens is 244 g/mol. The molecule has 0 spiro atoms. The number of fused-ring (bicyclic) bond motifs is 1. The van der Waals surface area contributed by atoms with Gasteiger partial charge in [0.25, 0.3) is 0 Å². The number of aromatic nitrogens is 1. The zero-order valence-corrected chi connectivity index (χ0v) is 11.4. The molecule has 1 saturated heterocycles. The van der Waals surface area contributed by atoms with Gasteiger partial charge in [-0.1, -0.05) is 5.16 Å². The zero-order chi connectivity index (χ0) is 13.4. The maximum Gasteiger partial charge on any atom is 0.220 e. The molecule has 1 aromatic rings. The second-order valence-electron chi connectivity index (χ2n) is 5.57. The topological polar surface area (TPSA) is 64.4 Å². The van der Waals surface area contributed by atoms with E-state index in [4.69, 9.17) is 9.26 Å². The lowest BCUT2D eigenvalue weighted by Crippen LogP contribution is -2.53. The highest BCUT2D eigenvalue weighted by molar-refractivity contribution is 5.76. The molecule has 1 aromatic heterocycles. The monoisotopic (exact) mass is 264 g/mol. The second kappa shape index (κ2) is 4.96. The Balaban J connectivity index is 1.47. The molecule has 0 radical (unpaired) electrons. The molecule has 1 aliphatic heterocycles. The van der Waals surface area contributed by atoms with Crippen molar-refractivity contribution in [2.75, 3.05) is 6.61 Å². The van der Waals surface area contributed by atoms with Crippen LogP contribution in [-0.4, -0.2) is 29.8 Å². The summed E-state index contributed by atoms with van der Waals surface area (Å²) in [7, 11) is 0. The summed E-state index contributed by atoms with van der Waals surface area (Å²) >= 11 is 0. The van der Waals surface area contributed by atoms with Gasteiger partial charge >= 0.3 is 0 Å². The molecule has 3 rings (SSSR count). The molecular formula is C14H20N2O3. The lowest BCUT2D eigenvalue weighted by molar-refractivity contribution is -0.124. The summed E-state index contributed by atoms with van der Waals surface area (Å²) in [5, 5.41) is 7.02. The van der Waals surface area contributed by atoms with Gasteiger partial charge in [-0.25, -0.2) is 0 Å². The van der Waals surface area contributed by atoms with E-state index in [2.05, 4.69) is 10.5 Å². The van der Waals surface area contributed by atoms with Crippen molar-refractivity contribution in [3.8, 4) is 0 Å². The second-order valence-corrected chi connectivity index (χ2v) is 5.57. The Kier molecular flexibility index (Phi) is 3.31. The van der Waals surface area contributed by atoms with Gasteiger partial charge in [0.1, 0.15) is 5.76 Å². The van der Waals surface area contributed by atoms with Gasteiger partial charge in [-0.05, 0) is 33.1 Å². The molecule has 2 heterocycles. The SMILES string of the molecule is Cc1noc(C)c1CCC(=O)N[C@@H]1C[C@@H]2OCC[C@@H]21. The lowest BCUT2D eigenvalue weighted by Gasteiger charge is -2.39. The van der Waals surface area contributed by atoms with Crippen LogP contribution in [0.3, 0.4) is 0 Å². The predicted molar refractivity (Wildman–Crippen MR) is 68.7 cm³/mol. The van der Waals surface area contributed by atoms with Crippen LogP contribution in [0, 0.1) is 19.8 Å². The lowest BCUT2D eigenvalue weighted by atomic mass is 9.76. The van der Waals surface area contributed by atoms with Gasteiger partial charge in [0.05, 0.1) is 11.8 Å². The molecule has 1 amide bonds. The Labute approximate surface area is 112 Å². The largest absolute Gasteiger partial charge is 0.378 e. The Bertz CT molecular complexity index is 464. The van der Waals surface area contributed by atoms with Crippen molar-refractivity contribution < 1.29 is 14.1 Å². The summed E-state index contributed by atoms with van der Waals surface area (Å²) in [5.41, 5.74) is 1.95. The highest BCUT2D eigenvalue weighted by Crippen LogP contribution is 2.38. The molecule has 0 unspecified atom stereocenters. The van der Waals surface area contributed by atoms with Crippen LogP contribution in [0.25, 0.3) is 0 Å². The van der Waals surface area contributed by atoms with Crippen molar-refractivity contribution in [1.29, 1.82) is 0 Å². The first-order valence-corrected chi connectivity index (χ1v) is 6.98. The number of nitrogens with zero attached hydrogens (tertiary/aromatic N) is 1. The normalized spacial score (nSPS) is 28.8. The fourth-order valence-electron chi connectivity index (χ4n) is 3.14. The first-order valence-electron chi connectivity index (χ1n) is 6.98. The minimum absolute atomic E-state index is 0.121. The third kappa shape index (κ3) is 2.39. The molecule has 19 heavy (non-hydrogen) atoms. The third-order valence-electron chi connectivity index (χ3n) is 4.39. The fraction of sp³-hybridized carbons (Fsp3) is 0.714. The predicted octanol–water partition coefficient (Wildman–Crippen LogP) is 1.52. The van der Waals surface area contributed by atoms with Crippen molar-refractivity contribution in [1.82, 2.24) is 10.5 Å².